The van der Waals surface area contributed by atoms with Crippen molar-refractivity contribution in [1.82, 2.24) is 14.8 Å². The molecule has 1 fully saturated rings. The number of nitrogens with zero attached hydrogens (tertiary/aromatic N) is 3. The van der Waals surface area contributed by atoms with Gasteiger partial charge in [0.05, 0.1) is 12.5 Å². The van der Waals surface area contributed by atoms with Crippen LogP contribution in [0.1, 0.15) is 36.7 Å². The van der Waals surface area contributed by atoms with Crippen LogP contribution in [0.4, 0.5) is 0 Å². The van der Waals surface area contributed by atoms with Crippen LogP contribution in [0.15, 0.2) is 71.1 Å². The van der Waals surface area contributed by atoms with Gasteiger partial charge in [-0.15, -0.1) is 0 Å². The van der Waals surface area contributed by atoms with Gasteiger partial charge in [-0.2, -0.15) is 0 Å². The highest BCUT2D eigenvalue weighted by atomic mass is 16.5. The Hall–Kier alpha value is -3.09. The third-order valence-corrected chi connectivity index (χ3v) is 6.47. The lowest BCUT2D eigenvalue weighted by Crippen LogP contribution is -2.37. The number of rotatable bonds is 7. The predicted octanol–water partition coefficient (Wildman–Crippen LogP) is 5.02. The first kappa shape index (κ1) is 22.7. The zero-order valence-electron chi connectivity index (χ0n) is 19.9. The van der Waals surface area contributed by atoms with Gasteiger partial charge in [0, 0.05) is 51.0 Å². The van der Waals surface area contributed by atoms with E-state index in [0.29, 0.717) is 6.61 Å². The lowest BCUT2D eigenvalue weighted by molar-refractivity contribution is 0.0965. The van der Waals surface area contributed by atoms with Gasteiger partial charge in [-0.25, -0.2) is 0 Å². The molecule has 4 heterocycles. The zero-order valence-corrected chi connectivity index (χ0v) is 19.9. The van der Waals surface area contributed by atoms with Gasteiger partial charge in [-0.1, -0.05) is 11.6 Å². The molecule has 2 aromatic heterocycles. The second-order valence-corrected chi connectivity index (χ2v) is 9.29. The summed E-state index contributed by atoms with van der Waals surface area (Å²) in [7, 11) is 0. The van der Waals surface area contributed by atoms with Crippen LogP contribution < -0.4 is 9.47 Å². The minimum atomic E-state index is 0.270. The van der Waals surface area contributed by atoms with Crippen LogP contribution in [0.25, 0.3) is 6.08 Å². The molecule has 0 saturated carbocycles. The van der Waals surface area contributed by atoms with Gasteiger partial charge in [0.15, 0.2) is 0 Å². The fourth-order valence-electron chi connectivity index (χ4n) is 4.80. The number of likely N-dealkylation sites (tertiary alicyclic amines) is 1. The Balaban J connectivity index is 1.16. The second-order valence-electron chi connectivity index (χ2n) is 9.29. The van der Waals surface area contributed by atoms with Gasteiger partial charge in [0.2, 0.25) is 0 Å². The molecule has 0 unspecified atom stereocenters. The van der Waals surface area contributed by atoms with Crippen molar-refractivity contribution in [1.29, 1.82) is 0 Å². The van der Waals surface area contributed by atoms with Crippen molar-refractivity contribution in [3.05, 3.63) is 83.6 Å². The summed E-state index contributed by atoms with van der Waals surface area (Å²) in [5.74, 6) is 2.79. The number of piperidine rings is 1. The van der Waals surface area contributed by atoms with Crippen LogP contribution in [0.5, 0.6) is 11.5 Å². The molecule has 0 bridgehead atoms. The molecule has 0 amide bonds. The SMILES string of the molecule is C/C(=C\c1ccco1)CN1CCOc2ccc(CN3CCC(Oc4cccnc4)CC3)cc2C1. The first-order valence-electron chi connectivity index (χ1n) is 12.2. The summed E-state index contributed by atoms with van der Waals surface area (Å²) in [6.07, 6.45) is 9.75. The summed E-state index contributed by atoms with van der Waals surface area (Å²) >= 11 is 0. The standard InChI is InChI=1S/C28H33N3O3/c1-22(16-26-5-3-14-32-26)19-31-13-15-33-28-7-6-23(17-24(28)21-31)20-30-11-8-25(9-12-30)34-27-4-2-10-29-18-27/h2-7,10,14,16-18,25H,8-9,11-13,15,19-21H2,1H3/b22-16+. The smallest absolute Gasteiger partial charge is 0.137 e. The summed E-state index contributed by atoms with van der Waals surface area (Å²) in [4.78, 5) is 9.12. The van der Waals surface area contributed by atoms with E-state index in [4.69, 9.17) is 13.9 Å². The van der Waals surface area contributed by atoms with Crippen molar-refractivity contribution < 1.29 is 13.9 Å². The van der Waals surface area contributed by atoms with Crippen LogP contribution in [0.2, 0.25) is 0 Å². The van der Waals surface area contributed by atoms with Crippen molar-refractivity contribution >= 4 is 6.08 Å². The number of hydrogen-bond acceptors (Lipinski definition) is 6. The number of hydrogen-bond donors (Lipinski definition) is 0. The molecular weight excluding hydrogens is 426 g/mol. The normalized spacial score (nSPS) is 18.2. The average molecular weight is 460 g/mol. The lowest BCUT2D eigenvalue weighted by atomic mass is 10.0. The van der Waals surface area contributed by atoms with Gasteiger partial charge in [-0.3, -0.25) is 14.8 Å². The number of furan rings is 1. The monoisotopic (exact) mass is 459 g/mol. The minimum absolute atomic E-state index is 0.270. The third kappa shape index (κ3) is 6.07. The molecule has 0 aliphatic carbocycles. The molecule has 0 N–H and O–H groups in total. The molecule has 2 aliphatic rings. The summed E-state index contributed by atoms with van der Waals surface area (Å²) < 4.78 is 17.6. The van der Waals surface area contributed by atoms with Crippen molar-refractivity contribution in [3.8, 4) is 11.5 Å². The van der Waals surface area contributed by atoms with E-state index in [1.165, 1.54) is 16.7 Å². The van der Waals surface area contributed by atoms with Crippen LogP contribution in [0, 0.1) is 0 Å². The highest BCUT2D eigenvalue weighted by Crippen LogP contribution is 2.26. The Morgan fingerprint density at radius 2 is 2.03 bits per heavy atom. The van der Waals surface area contributed by atoms with E-state index in [0.717, 1.165) is 69.4 Å². The van der Waals surface area contributed by atoms with Crippen LogP contribution in [-0.2, 0) is 13.1 Å². The van der Waals surface area contributed by atoms with E-state index in [2.05, 4.69) is 46.0 Å². The molecule has 1 saturated heterocycles. The van der Waals surface area contributed by atoms with E-state index < -0.39 is 0 Å². The minimum Gasteiger partial charge on any atom is -0.492 e. The highest BCUT2D eigenvalue weighted by Gasteiger charge is 2.22. The Morgan fingerprint density at radius 1 is 1.12 bits per heavy atom. The molecule has 34 heavy (non-hydrogen) atoms. The van der Waals surface area contributed by atoms with Crippen LogP contribution in [0.3, 0.4) is 0 Å². The Labute approximate surface area is 201 Å². The van der Waals surface area contributed by atoms with Crippen LogP contribution >= 0.6 is 0 Å². The number of benzene rings is 1. The predicted molar refractivity (Wildman–Crippen MR) is 133 cm³/mol. The van der Waals surface area contributed by atoms with Gasteiger partial charge in [-0.05, 0) is 67.8 Å². The Kier molecular flexibility index (Phi) is 7.27. The number of aromatic nitrogens is 1. The third-order valence-electron chi connectivity index (χ3n) is 6.47. The molecule has 0 radical (unpaired) electrons. The van der Waals surface area contributed by atoms with Gasteiger partial charge in [0.25, 0.3) is 0 Å². The van der Waals surface area contributed by atoms with E-state index in [1.54, 1.807) is 18.7 Å². The summed E-state index contributed by atoms with van der Waals surface area (Å²) in [6, 6.07) is 14.5. The quantitative estimate of drug-likeness (QED) is 0.495. The van der Waals surface area contributed by atoms with E-state index in [1.807, 2.05) is 24.3 Å². The zero-order chi connectivity index (χ0) is 23.2. The molecule has 1 aromatic carbocycles. The maximum atomic E-state index is 6.10. The van der Waals surface area contributed by atoms with E-state index in [9.17, 15) is 0 Å². The van der Waals surface area contributed by atoms with Crippen molar-refractivity contribution in [2.24, 2.45) is 0 Å². The molecule has 3 aromatic rings. The van der Waals surface area contributed by atoms with Gasteiger partial charge in [0.1, 0.15) is 30.0 Å². The molecule has 0 atom stereocenters. The molecule has 2 aliphatic heterocycles. The molecule has 5 rings (SSSR count). The molecular formula is C28H33N3O3. The fourth-order valence-corrected chi connectivity index (χ4v) is 4.80. The highest BCUT2D eigenvalue weighted by molar-refractivity contribution is 5.47. The summed E-state index contributed by atoms with van der Waals surface area (Å²) in [5, 5.41) is 0. The van der Waals surface area contributed by atoms with Crippen molar-refractivity contribution in [2.45, 2.75) is 39.0 Å². The summed E-state index contributed by atoms with van der Waals surface area (Å²) in [5.41, 5.74) is 3.90. The molecule has 6 heteroatoms. The fraction of sp³-hybridized carbons (Fsp3) is 0.393. The largest absolute Gasteiger partial charge is 0.492 e. The average Bonchev–Trinajstić information content (AvgIpc) is 3.27. The van der Waals surface area contributed by atoms with Crippen molar-refractivity contribution in [2.75, 3.05) is 32.8 Å². The summed E-state index contributed by atoms with van der Waals surface area (Å²) in [6.45, 7) is 8.63. The topological polar surface area (TPSA) is 51.0 Å². The number of pyridine rings is 1. The maximum Gasteiger partial charge on any atom is 0.137 e. The second kappa shape index (κ2) is 10.9. The Bertz CT molecular complexity index is 1070. The molecule has 6 nitrogen and oxygen atoms in total. The van der Waals surface area contributed by atoms with Gasteiger partial charge < -0.3 is 13.9 Å². The number of ether oxygens (including phenoxy) is 2. The first-order valence-corrected chi connectivity index (χ1v) is 12.2. The molecule has 178 valence electrons. The lowest BCUT2D eigenvalue weighted by Gasteiger charge is -2.32. The first-order chi connectivity index (χ1) is 16.7. The van der Waals surface area contributed by atoms with Crippen LogP contribution in [-0.4, -0.2) is 53.7 Å². The van der Waals surface area contributed by atoms with Gasteiger partial charge >= 0.3 is 0 Å². The molecule has 0 spiro atoms. The van der Waals surface area contributed by atoms with E-state index in [-0.39, 0.29) is 6.10 Å². The van der Waals surface area contributed by atoms with Crippen molar-refractivity contribution in [3.63, 3.8) is 0 Å². The number of fused-ring (bicyclic) bond motifs is 1. The van der Waals surface area contributed by atoms with E-state index >= 15 is 0 Å². The maximum absolute atomic E-state index is 6.10. The Morgan fingerprint density at radius 3 is 2.82 bits per heavy atom.